The van der Waals surface area contributed by atoms with E-state index in [4.69, 9.17) is 21.1 Å². The largest absolute Gasteiger partial charge is 0.507 e. The summed E-state index contributed by atoms with van der Waals surface area (Å²) in [4.78, 5) is 26.6. The minimum atomic E-state index is -1.09. The molecule has 0 bridgehead atoms. The quantitative estimate of drug-likeness (QED) is 0.440. The third kappa shape index (κ3) is 3.83. The Kier molecular flexibility index (Phi) is 6.20. The van der Waals surface area contributed by atoms with Crippen LogP contribution in [0.5, 0.6) is 5.75 Å². The van der Waals surface area contributed by atoms with Gasteiger partial charge in [0.05, 0.1) is 30.4 Å². The second kappa shape index (κ2) is 8.63. The summed E-state index contributed by atoms with van der Waals surface area (Å²) >= 11 is 6.12. The molecule has 29 heavy (non-hydrogen) atoms. The number of carbonyl (C=O) groups is 2. The van der Waals surface area contributed by atoms with E-state index in [1.165, 1.54) is 55.5 Å². The summed E-state index contributed by atoms with van der Waals surface area (Å²) in [6.45, 7) is 0.201. The van der Waals surface area contributed by atoms with Gasteiger partial charge < -0.3 is 19.5 Å². The Bertz CT molecular complexity index is 991. The van der Waals surface area contributed by atoms with Gasteiger partial charge in [-0.2, -0.15) is 0 Å². The summed E-state index contributed by atoms with van der Waals surface area (Å²) in [7, 11) is 2.90. The maximum atomic E-state index is 14.6. The lowest BCUT2D eigenvalue weighted by Gasteiger charge is -2.25. The van der Waals surface area contributed by atoms with Crippen LogP contribution in [-0.2, 0) is 14.3 Å². The van der Waals surface area contributed by atoms with Crippen molar-refractivity contribution in [1.29, 1.82) is 0 Å². The third-order valence-electron chi connectivity index (χ3n) is 4.70. The minimum absolute atomic E-state index is 0.0558. The Labute approximate surface area is 172 Å². The number of rotatable bonds is 6. The van der Waals surface area contributed by atoms with Gasteiger partial charge in [0.2, 0.25) is 0 Å². The van der Waals surface area contributed by atoms with Gasteiger partial charge in [0.15, 0.2) is 0 Å². The number of hydrogen-bond acceptors (Lipinski definition) is 5. The van der Waals surface area contributed by atoms with Crippen molar-refractivity contribution in [3.05, 3.63) is 70.0 Å². The van der Waals surface area contributed by atoms with Gasteiger partial charge in [0.25, 0.3) is 11.7 Å². The number of hydrogen-bond donors (Lipinski definition) is 1. The van der Waals surface area contributed by atoms with Crippen molar-refractivity contribution < 1.29 is 28.6 Å². The van der Waals surface area contributed by atoms with Gasteiger partial charge in [-0.1, -0.05) is 29.8 Å². The number of aliphatic hydroxyl groups is 1. The number of benzene rings is 2. The number of nitrogens with zero attached hydrogens (tertiary/aromatic N) is 1. The van der Waals surface area contributed by atoms with E-state index in [0.29, 0.717) is 5.75 Å². The predicted octanol–water partition coefficient (Wildman–Crippen LogP) is 3.56. The molecule has 3 rings (SSSR count). The molecule has 0 aromatic heterocycles. The zero-order chi connectivity index (χ0) is 21.1. The fourth-order valence-corrected chi connectivity index (χ4v) is 3.55. The maximum Gasteiger partial charge on any atom is 0.295 e. The topological polar surface area (TPSA) is 76.1 Å². The van der Waals surface area contributed by atoms with Crippen molar-refractivity contribution in [2.24, 2.45) is 0 Å². The number of aliphatic hydroxyl groups excluding tert-OH is 1. The molecule has 8 heteroatoms. The summed E-state index contributed by atoms with van der Waals surface area (Å²) in [5.74, 6) is -2.40. The molecule has 1 aliphatic rings. The molecule has 1 aliphatic heterocycles. The second-order valence-electron chi connectivity index (χ2n) is 6.36. The number of amides is 1. The minimum Gasteiger partial charge on any atom is -0.507 e. The monoisotopic (exact) mass is 419 g/mol. The summed E-state index contributed by atoms with van der Waals surface area (Å²) < 4.78 is 24.7. The molecule has 1 atom stereocenters. The van der Waals surface area contributed by atoms with Gasteiger partial charge in [-0.05, 0) is 24.3 Å². The molecule has 1 amide bonds. The second-order valence-corrected chi connectivity index (χ2v) is 6.76. The van der Waals surface area contributed by atoms with Crippen LogP contribution in [0.3, 0.4) is 0 Å². The SMILES string of the molecule is COCCN1C(=O)C(=O)/C(=C(/O)c2ccc(OC)c(Cl)c2)C1c1ccccc1F. The third-order valence-corrected chi connectivity index (χ3v) is 5.00. The Hall–Kier alpha value is -2.90. The van der Waals surface area contributed by atoms with Crippen LogP contribution < -0.4 is 4.74 Å². The number of ether oxygens (including phenoxy) is 2. The molecular formula is C21H19ClFNO5. The molecule has 1 fully saturated rings. The molecule has 0 radical (unpaired) electrons. The van der Waals surface area contributed by atoms with Gasteiger partial charge in [0.1, 0.15) is 17.3 Å². The number of ketones is 1. The number of likely N-dealkylation sites (tertiary alicyclic amines) is 1. The zero-order valence-corrected chi connectivity index (χ0v) is 16.6. The summed E-state index contributed by atoms with van der Waals surface area (Å²) in [5, 5.41) is 11.1. The first-order valence-electron chi connectivity index (χ1n) is 8.76. The Balaban J connectivity index is 2.19. The molecule has 0 aliphatic carbocycles. The number of halogens is 2. The first kappa shape index (κ1) is 20.8. The van der Waals surface area contributed by atoms with Crippen LogP contribution in [0.15, 0.2) is 48.0 Å². The molecule has 6 nitrogen and oxygen atoms in total. The van der Waals surface area contributed by atoms with E-state index < -0.39 is 29.3 Å². The van der Waals surface area contributed by atoms with Crippen LogP contribution in [0.1, 0.15) is 17.2 Å². The standard InChI is InChI=1S/C21H19ClFNO5/c1-28-10-9-24-18(13-5-3-4-6-15(13)23)17(20(26)21(24)27)19(25)12-7-8-16(29-2)14(22)11-12/h3-8,11,18,25H,9-10H2,1-2H3/b19-17+. The van der Waals surface area contributed by atoms with E-state index in [1.54, 1.807) is 6.07 Å². The van der Waals surface area contributed by atoms with Crippen LogP contribution >= 0.6 is 11.6 Å². The van der Waals surface area contributed by atoms with E-state index in [1.807, 2.05) is 0 Å². The van der Waals surface area contributed by atoms with Gasteiger partial charge >= 0.3 is 0 Å². The smallest absolute Gasteiger partial charge is 0.295 e. The molecule has 0 spiro atoms. The van der Waals surface area contributed by atoms with Crippen LogP contribution in [0.25, 0.3) is 5.76 Å². The number of Topliss-reactive ketones (excluding diaryl/α,β-unsaturated/α-hetero) is 1. The predicted molar refractivity (Wildman–Crippen MR) is 105 cm³/mol. The van der Waals surface area contributed by atoms with Crippen LogP contribution in [0.2, 0.25) is 5.02 Å². The molecule has 1 heterocycles. The Morgan fingerprint density at radius 3 is 2.55 bits per heavy atom. The highest BCUT2D eigenvalue weighted by Crippen LogP contribution is 2.40. The average molecular weight is 420 g/mol. The molecule has 1 unspecified atom stereocenters. The van der Waals surface area contributed by atoms with Gasteiger partial charge in [-0.25, -0.2) is 4.39 Å². The fourth-order valence-electron chi connectivity index (χ4n) is 3.29. The van der Waals surface area contributed by atoms with Crippen molar-refractivity contribution >= 4 is 29.1 Å². The first-order chi connectivity index (χ1) is 13.9. The average Bonchev–Trinajstić information content (AvgIpc) is 2.96. The van der Waals surface area contributed by atoms with Crippen LogP contribution in [0, 0.1) is 5.82 Å². The van der Waals surface area contributed by atoms with E-state index in [-0.39, 0.29) is 34.9 Å². The molecule has 0 saturated carbocycles. The molecule has 1 saturated heterocycles. The molecule has 152 valence electrons. The summed E-state index contributed by atoms with van der Waals surface area (Å²) in [6.07, 6.45) is 0. The number of carbonyl (C=O) groups excluding carboxylic acids is 2. The van der Waals surface area contributed by atoms with Gasteiger partial charge in [-0.15, -0.1) is 0 Å². The molecule has 2 aromatic carbocycles. The lowest BCUT2D eigenvalue weighted by Crippen LogP contribution is -2.33. The first-order valence-corrected chi connectivity index (χ1v) is 9.14. The van der Waals surface area contributed by atoms with Crippen molar-refractivity contribution in [2.45, 2.75) is 6.04 Å². The number of methoxy groups -OCH3 is 2. The maximum absolute atomic E-state index is 14.6. The molecule has 1 N–H and O–H groups in total. The van der Waals surface area contributed by atoms with Gasteiger partial charge in [-0.3, -0.25) is 9.59 Å². The lowest BCUT2D eigenvalue weighted by atomic mass is 9.95. The van der Waals surface area contributed by atoms with Crippen molar-refractivity contribution in [3.8, 4) is 5.75 Å². The fraction of sp³-hybridized carbons (Fsp3) is 0.238. The van der Waals surface area contributed by atoms with Crippen molar-refractivity contribution in [3.63, 3.8) is 0 Å². The Morgan fingerprint density at radius 1 is 1.21 bits per heavy atom. The lowest BCUT2D eigenvalue weighted by molar-refractivity contribution is -0.140. The van der Waals surface area contributed by atoms with E-state index in [9.17, 15) is 19.1 Å². The molecular weight excluding hydrogens is 401 g/mol. The normalized spacial score (nSPS) is 18.3. The highest BCUT2D eigenvalue weighted by atomic mass is 35.5. The van der Waals surface area contributed by atoms with Crippen molar-refractivity contribution in [2.75, 3.05) is 27.4 Å². The highest BCUT2D eigenvalue weighted by molar-refractivity contribution is 6.46. The van der Waals surface area contributed by atoms with E-state index in [0.717, 1.165) is 0 Å². The van der Waals surface area contributed by atoms with Crippen molar-refractivity contribution in [1.82, 2.24) is 4.90 Å². The highest BCUT2D eigenvalue weighted by Gasteiger charge is 2.46. The summed E-state index contributed by atoms with van der Waals surface area (Å²) in [5.41, 5.74) is 0.100. The zero-order valence-electron chi connectivity index (χ0n) is 15.8. The molecule has 2 aromatic rings. The van der Waals surface area contributed by atoms with Gasteiger partial charge in [0, 0.05) is 24.8 Å². The summed E-state index contributed by atoms with van der Waals surface area (Å²) in [6, 6.07) is 9.15. The van der Waals surface area contributed by atoms with E-state index in [2.05, 4.69) is 0 Å². The van der Waals surface area contributed by atoms with Crippen LogP contribution in [-0.4, -0.2) is 49.1 Å². The Morgan fingerprint density at radius 2 is 1.93 bits per heavy atom. The van der Waals surface area contributed by atoms with E-state index >= 15 is 0 Å². The van der Waals surface area contributed by atoms with Crippen LogP contribution in [0.4, 0.5) is 4.39 Å².